The molecule has 0 atom stereocenters. The Kier molecular flexibility index (Phi) is 59.0. The Labute approximate surface area is 752 Å². The van der Waals surface area contributed by atoms with Crippen molar-refractivity contribution < 1.29 is 23.2 Å². The van der Waals surface area contributed by atoms with Gasteiger partial charge in [-0.2, -0.15) is 75.8 Å². The third kappa shape index (κ3) is 44.3. The van der Waals surface area contributed by atoms with Crippen LogP contribution in [-0.4, -0.2) is 112 Å². The van der Waals surface area contributed by atoms with Crippen molar-refractivity contribution >= 4 is 180 Å². The zero-order valence-corrected chi connectivity index (χ0v) is 83.2. The predicted molar refractivity (Wildman–Crippen MR) is 534 cm³/mol. The second kappa shape index (κ2) is 66.6. The molecule has 6 aromatic rings. The summed E-state index contributed by atoms with van der Waals surface area (Å²) in [6, 6.07) is 31.2. The minimum Gasteiger partial charge on any atom is -0.471 e. The van der Waals surface area contributed by atoms with Crippen molar-refractivity contribution in [3.63, 3.8) is 0 Å². The third-order valence-corrected chi connectivity index (χ3v) is 40.4. The SMILES string of the molecule is [C-]#[N+]/C(C(=O)OCCCCCCCC)=C(/CCCCC)c1ccc(-c2ccc(-c3ccc(-c4ccc(-c5ccc(-c6ccc(/C(CCCCCCCCCC[Si](C)(C)O[Si]CCCCCCCCCCCCSCCSCCSCCSCCSCCSCCCCCCC)=C(\C#N)C(=O)OCCCCCCCC)s6)s5)s4)s3)s2)s1. The highest BCUT2D eigenvalue weighted by atomic mass is 32.2. The molecule has 0 aromatic carbocycles. The van der Waals surface area contributed by atoms with Crippen LogP contribution in [0.25, 0.3) is 64.8 Å². The number of carbonyl (C=O) groups excluding carboxylic acids is 2. The maximum absolute atomic E-state index is 13.8. The fourth-order valence-corrected chi connectivity index (χ4v) is 31.0. The van der Waals surface area contributed by atoms with Gasteiger partial charge in [0.15, 0.2) is 8.32 Å². The van der Waals surface area contributed by atoms with Gasteiger partial charge in [0.05, 0.1) is 19.8 Å². The van der Waals surface area contributed by atoms with E-state index in [1.165, 1.54) is 287 Å². The van der Waals surface area contributed by atoms with Crippen molar-refractivity contribution in [1.82, 2.24) is 0 Å². The minimum atomic E-state index is -1.62. The molecule has 0 bridgehead atoms. The zero-order valence-electron chi connectivity index (χ0n) is 71.4. The number of allylic oxidation sites excluding steroid dienone is 2. The fourth-order valence-electron chi connectivity index (χ4n) is 13.7. The van der Waals surface area contributed by atoms with Gasteiger partial charge in [-0.1, -0.05) is 240 Å². The van der Waals surface area contributed by atoms with E-state index in [0.717, 1.165) is 108 Å². The summed E-state index contributed by atoms with van der Waals surface area (Å²) >= 11 is 23.5. The van der Waals surface area contributed by atoms with Gasteiger partial charge >= 0.3 is 11.9 Å². The van der Waals surface area contributed by atoms with E-state index < -0.39 is 20.3 Å². The highest BCUT2D eigenvalue weighted by Crippen LogP contribution is 2.48. The number of carbonyl (C=O) groups is 2. The third-order valence-electron chi connectivity index (χ3n) is 20.5. The summed E-state index contributed by atoms with van der Waals surface area (Å²) in [7, 11) is -0.949. The van der Waals surface area contributed by atoms with Crippen molar-refractivity contribution in [2.24, 2.45) is 0 Å². The second-order valence-corrected chi connectivity index (χ2v) is 50.3. The van der Waals surface area contributed by atoms with Crippen LogP contribution in [0, 0.1) is 17.9 Å². The number of hydrogen-bond donors (Lipinski definition) is 0. The number of rotatable bonds is 74. The zero-order chi connectivity index (χ0) is 81.7. The van der Waals surface area contributed by atoms with Gasteiger partial charge in [0.1, 0.15) is 11.6 Å². The summed E-state index contributed by atoms with van der Waals surface area (Å²) in [5.41, 5.74) is 1.94. The average molecular weight is 1820 g/mol. The Morgan fingerprint density at radius 1 is 0.365 bits per heavy atom. The Morgan fingerprint density at radius 3 is 1.03 bits per heavy atom. The van der Waals surface area contributed by atoms with E-state index in [0.29, 0.717) is 35.8 Å². The molecule has 2 radical (unpaired) electrons. The first-order chi connectivity index (χ1) is 56.5. The monoisotopic (exact) mass is 1820 g/mol. The second-order valence-electron chi connectivity index (χ2n) is 30.9. The molecular weight excluding hydrogens is 1680 g/mol. The van der Waals surface area contributed by atoms with E-state index in [-0.39, 0.29) is 11.3 Å². The molecule has 0 saturated heterocycles. The van der Waals surface area contributed by atoms with Crippen LogP contribution in [0.15, 0.2) is 84.1 Å². The molecule has 6 rings (SSSR count). The molecule has 6 aromatic heterocycles. The van der Waals surface area contributed by atoms with Crippen molar-refractivity contribution in [1.29, 1.82) is 5.26 Å². The molecule has 638 valence electrons. The molecule has 21 heteroatoms. The van der Waals surface area contributed by atoms with Crippen LogP contribution in [0.1, 0.15) is 294 Å². The predicted octanol–water partition coefficient (Wildman–Crippen LogP) is 33.7. The number of nitrogens with zero attached hydrogens (tertiary/aromatic N) is 2. The van der Waals surface area contributed by atoms with E-state index in [9.17, 15) is 14.9 Å². The summed E-state index contributed by atoms with van der Waals surface area (Å²) in [4.78, 5) is 44.9. The van der Waals surface area contributed by atoms with Crippen LogP contribution in [0.4, 0.5) is 0 Å². The lowest BCUT2D eigenvalue weighted by Gasteiger charge is -2.22. The lowest BCUT2D eigenvalue weighted by molar-refractivity contribution is -0.139. The van der Waals surface area contributed by atoms with Crippen LogP contribution < -0.4 is 0 Å². The molecule has 0 spiro atoms. The Morgan fingerprint density at radius 2 is 0.652 bits per heavy atom. The number of esters is 2. The number of hydrogen-bond acceptors (Lipinski definition) is 18. The first-order valence-corrected chi connectivity index (χ1v) is 60.7. The molecule has 6 heterocycles. The van der Waals surface area contributed by atoms with Gasteiger partial charge in [-0.15, -0.1) is 68.0 Å². The molecule has 0 aliphatic heterocycles. The molecule has 7 nitrogen and oxygen atoms in total. The Balaban J connectivity index is 0.829. The maximum atomic E-state index is 13.8. The van der Waals surface area contributed by atoms with Crippen molar-refractivity contribution in [2.45, 2.75) is 310 Å². The van der Waals surface area contributed by atoms with Gasteiger partial charge in [-0.05, 0) is 166 Å². The molecule has 115 heavy (non-hydrogen) atoms. The van der Waals surface area contributed by atoms with Gasteiger partial charge < -0.3 is 13.6 Å². The Bertz CT molecular complexity index is 3640. The normalized spacial score (nSPS) is 12.2. The lowest BCUT2D eigenvalue weighted by Crippen LogP contribution is -2.31. The van der Waals surface area contributed by atoms with E-state index >= 15 is 0 Å². The topological polar surface area (TPSA) is 90.0 Å². The Hall–Kier alpha value is -1.91. The van der Waals surface area contributed by atoms with Gasteiger partial charge in [-0.3, -0.25) is 4.79 Å². The van der Waals surface area contributed by atoms with E-state index in [2.05, 4.69) is 195 Å². The molecule has 0 fully saturated rings. The van der Waals surface area contributed by atoms with Gasteiger partial charge in [0, 0.05) is 116 Å². The van der Waals surface area contributed by atoms with E-state index in [1.54, 1.807) is 45.3 Å². The fraction of sp³-hybridized carbons (Fsp3) is 0.660. The molecule has 0 N–H and O–H groups in total. The summed E-state index contributed by atoms with van der Waals surface area (Å²) in [5.74, 6) is 15.0. The highest BCUT2D eigenvalue weighted by molar-refractivity contribution is 8.06. The van der Waals surface area contributed by atoms with Crippen LogP contribution in [0.3, 0.4) is 0 Å². The van der Waals surface area contributed by atoms with Crippen molar-refractivity contribution in [3.05, 3.63) is 105 Å². The lowest BCUT2D eigenvalue weighted by atomic mass is 9.99. The smallest absolute Gasteiger partial charge is 0.349 e. The number of thioether (sulfide) groups is 6. The molecule has 0 aliphatic carbocycles. The van der Waals surface area contributed by atoms with E-state index in [4.69, 9.17) is 20.2 Å². The van der Waals surface area contributed by atoms with Gasteiger partial charge in [0.2, 0.25) is 9.76 Å². The van der Waals surface area contributed by atoms with Crippen LogP contribution in [0.5, 0.6) is 0 Å². The molecule has 0 unspecified atom stereocenters. The quantitative estimate of drug-likeness (QED) is 0.00910. The largest absolute Gasteiger partial charge is 0.471 e. The van der Waals surface area contributed by atoms with Crippen LogP contribution >= 0.6 is 139 Å². The van der Waals surface area contributed by atoms with Gasteiger partial charge in [-0.25, -0.2) is 9.64 Å². The number of thiophene rings is 6. The summed E-state index contributed by atoms with van der Waals surface area (Å²) in [6.07, 6.45) is 48.1. The average Bonchev–Trinajstić information content (AvgIpc) is 1.66. The number of ether oxygens (including phenoxy) is 2. The first-order valence-electron chi connectivity index (χ1n) is 44.6. The molecular formula is C94H142N2O5S12Si2. The summed E-state index contributed by atoms with van der Waals surface area (Å²) in [6.45, 7) is 22.6. The van der Waals surface area contributed by atoms with Crippen molar-refractivity contribution in [2.75, 3.05) is 82.2 Å². The van der Waals surface area contributed by atoms with Crippen molar-refractivity contribution in [3.8, 4) is 54.8 Å². The standard InChI is InChI=1S/C94H142N2O5S12Si2/c1-8-12-16-19-32-40-60-99-93(97)79(76-95)77(46-39-31-27-23-26-30-37-45-75-115(6,7)101-114-74-44-36-29-25-22-21-24-28-35-43-63-103-65-67-105-69-71-107-73-72-106-70-68-104-66-64-102-62-42-34-18-14-10-3)80-48-50-82(108-80)84-52-54-86(110-84)88-56-58-90(112-88)91-59-57-89(113-91)87-55-53-85(111-87)83-51-49-81(109-83)78(47-38-15-11-4)92(96-5)94(98)100-61-41-33-20-17-13-9-2/h48-59H,8-47,60-75H2,1-4,6-7H3/b79-77+,92-78-. The summed E-state index contributed by atoms with van der Waals surface area (Å²) < 4.78 is 18.1. The molecule has 0 saturated carbocycles. The highest BCUT2D eigenvalue weighted by Gasteiger charge is 2.25. The summed E-state index contributed by atoms with van der Waals surface area (Å²) in [5, 5.41) is 10.6. The van der Waals surface area contributed by atoms with Crippen LogP contribution in [0.2, 0.25) is 25.2 Å². The first kappa shape index (κ1) is 102. The minimum absolute atomic E-state index is 0.134. The number of unbranched alkanes of at least 4 members (excludes halogenated alkanes) is 32. The van der Waals surface area contributed by atoms with E-state index in [1.807, 2.05) is 22.7 Å². The molecule has 0 aliphatic rings. The maximum Gasteiger partial charge on any atom is 0.349 e. The molecule has 0 amide bonds. The van der Waals surface area contributed by atoms with Gasteiger partial charge in [0.25, 0.3) is 5.70 Å². The van der Waals surface area contributed by atoms with Crippen LogP contribution in [-0.2, 0) is 23.2 Å². The number of nitriles is 1.